The second kappa shape index (κ2) is 7.94. The number of rotatable bonds is 7. The molecule has 0 atom stereocenters. The summed E-state index contributed by atoms with van der Waals surface area (Å²) in [4.78, 5) is 0. The van der Waals surface area contributed by atoms with Gasteiger partial charge in [-0.2, -0.15) is 0 Å². The summed E-state index contributed by atoms with van der Waals surface area (Å²) >= 11 is 5.94. The van der Waals surface area contributed by atoms with Crippen LogP contribution in [0.25, 0.3) is 0 Å². The molecule has 0 fully saturated rings. The summed E-state index contributed by atoms with van der Waals surface area (Å²) in [5.74, 6) is 0.955. The predicted octanol–water partition coefficient (Wildman–Crippen LogP) is 5.23. The summed E-state index contributed by atoms with van der Waals surface area (Å²) in [7, 11) is 0. The van der Waals surface area contributed by atoms with E-state index in [1.54, 1.807) is 0 Å². The lowest BCUT2D eigenvalue weighted by atomic mass is 10.2. The summed E-state index contributed by atoms with van der Waals surface area (Å²) in [6.07, 6.45) is 2.11. The quantitative estimate of drug-likeness (QED) is 0.707. The van der Waals surface area contributed by atoms with Gasteiger partial charge < -0.3 is 10.1 Å². The minimum Gasteiger partial charge on any atom is -0.494 e. The molecule has 0 aliphatic heterocycles. The second-order valence-corrected chi connectivity index (χ2v) is 5.69. The molecule has 0 saturated carbocycles. The van der Waals surface area contributed by atoms with Crippen molar-refractivity contribution in [2.75, 3.05) is 18.5 Å². The number of hydrogen-bond acceptors (Lipinski definition) is 2. The highest BCUT2D eigenvalue weighted by Gasteiger charge is 1.99. The molecule has 0 aliphatic rings. The molecule has 1 N–H and O–H groups in total. The van der Waals surface area contributed by atoms with E-state index in [1.165, 1.54) is 11.1 Å². The first-order valence-corrected chi connectivity index (χ1v) is 7.72. The molecule has 2 aromatic rings. The van der Waals surface area contributed by atoms with Crippen LogP contribution in [0, 0.1) is 13.8 Å². The monoisotopic (exact) mass is 303 g/mol. The predicted molar refractivity (Wildman–Crippen MR) is 90.6 cm³/mol. The van der Waals surface area contributed by atoms with E-state index in [4.69, 9.17) is 16.3 Å². The Labute approximate surface area is 132 Å². The normalized spacial score (nSPS) is 10.4. The summed E-state index contributed by atoms with van der Waals surface area (Å²) in [5, 5.41) is 4.22. The first-order chi connectivity index (χ1) is 10.1. The molecule has 0 unspecified atom stereocenters. The van der Waals surface area contributed by atoms with Crippen LogP contribution in [0.4, 0.5) is 5.69 Å². The van der Waals surface area contributed by atoms with Gasteiger partial charge in [0.05, 0.1) is 6.61 Å². The van der Waals surface area contributed by atoms with Crippen LogP contribution in [0.2, 0.25) is 5.02 Å². The van der Waals surface area contributed by atoms with E-state index < -0.39 is 0 Å². The van der Waals surface area contributed by atoms with Crippen molar-refractivity contribution < 1.29 is 4.74 Å². The van der Waals surface area contributed by atoms with Crippen LogP contribution in [0.15, 0.2) is 42.5 Å². The maximum atomic E-state index is 5.94. The van der Waals surface area contributed by atoms with Crippen molar-refractivity contribution in [1.29, 1.82) is 0 Å². The third-order valence-electron chi connectivity index (χ3n) is 3.33. The van der Waals surface area contributed by atoms with E-state index in [1.807, 2.05) is 30.3 Å². The Morgan fingerprint density at radius 2 is 1.90 bits per heavy atom. The smallest absolute Gasteiger partial charge is 0.119 e. The fourth-order valence-electron chi connectivity index (χ4n) is 2.17. The van der Waals surface area contributed by atoms with Crippen molar-refractivity contribution in [3.05, 3.63) is 58.6 Å². The van der Waals surface area contributed by atoms with Crippen molar-refractivity contribution in [2.45, 2.75) is 26.7 Å². The average molecular weight is 304 g/mol. The number of ether oxygens (including phenoxy) is 1. The van der Waals surface area contributed by atoms with Gasteiger partial charge in [0, 0.05) is 17.3 Å². The fourth-order valence-corrected chi connectivity index (χ4v) is 2.40. The van der Waals surface area contributed by atoms with Crippen molar-refractivity contribution in [3.8, 4) is 5.75 Å². The average Bonchev–Trinajstić information content (AvgIpc) is 2.44. The lowest BCUT2D eigenvalue weighted by molar-refractivity contribution is 0.308. The standard InChI is InChI=1S/C18H22ClNO/c1-14-6-5-7-17(12-14)21-11-4-3-10-20-18-9-8-16(19)13-15(18)2/h5-9,12-13,20H,3-4,10-11H2,1-2H3. The summed E-state index contributed by atoms with van der Waals surface area (Å²) in [6, 6.07) is 14.1. The molecule has 2 rings (SSSR count). The summed E-state index contributed by atoms with van der Waals surface area (Å²) in [6.45, 7) is 5.84. The zero-order valence-corrected chi connectivity index (χ0v) is 13.4. The highest BCUT2D eigenvalue weighted by Crippen LogP contribution is 2.19. The Morgan fingerprint density at radius 1 is 1.05 bits per heavy atom. The molecular formula is C18H22ClNO. The third kappa shape index (κ3) is 5.31. The molecule has 0 amide bonds. The molecule has 0 spiro atoms. The maximum Gasteiger partial charge on any atom is 0.119 e. The van der Waals surface area contributed by atoms with E-state index in [2.05, 4.69) is 31.3 Å². The number of halogens is 1. The van der Waals surface area contributed by atoms with Crippen molar-refractivity contribution in [2.24, 2.45) is 0 Å². The van der Waals surface area contributed by atoms with Crippen LogP contribution in [-0.2, 0) is 0 Å². The minimum atomic E-state index is 0.755. The fraction of sp³-hybridized carbons (Fsp3) is 0.333. The molecule has 0 heterocycles. The first kappa shape index (κ1) is 15.7. The Hall–Kier alpha value is -1.67. The van der Waals surface area contributed by atoms with Gasteiger partial charge in [-0.1, -0.05) is 23.7 Å². The molecule has 3 heteroatoms. The van der Waals surface area contributed by atoms with Crippen molar-refractivity contribution >= 4 is 17.3 Å². The van der Waals surface area contributed by atoms with Crippen LogP contribution in [-0.4, -0.2) is 13.2 Å². The van der Waals surface area contributed by atoms with Crippen LogP contribution in [0.3, 0.4) is 0 Å². The van der Waals surface area contributed by atoms with Crippen LogP contribution >= 0.6 is 11.6 Å². The SMILES string of the molecule is Cc1cccc(OCCCCNc2ccc(Cl)cc2C)c1. The molecule has 0 saturated heterocycles. The number of nitrogens with one attached hydrogen (secondary N) is 1. The Bertz CT molecular complexity index is 583. The molecule has 0 bridgehead atoms. The minimum absolute atomic E-state index is 0.755. The van der Waals surface area contributed by atoms with Crippen molar-refractivity contribution in [1.82, 2.24) is 0 Å². The third-order valence-corrected chi connectivity index (χ3v) is 3.57. The van der Waals surface area contributed by atoms with E-state index in [0.29, 0.717) is 0 Å². The molecule has 0 radical (unpaired) electrons. The van der Waals surface area contributed by atoms with Gasteiger partial charge in [0.1, 0.15) is 5.75 Å². The second-order valence-electron chi connectivity index (χ2n) is 5.26. The van der Waals surface area contributed by atoms with Crippen LogP contribution < -0.4 is 10.1 Å². The van der Waals surface area contributed by atoms with Crippen LogP contribution in [0.1, 0.15) is 24.0 Å². The van der Waals surface area contributed by atoms with Gasteiger partial charge in [0.15, 0.2) is 0 Å². The van der Waals surface area contributed by atoms with Gasteiger partial charge in [-0.15, -0.1) is 0 Å². The summed E-state index contributed by atoms with van der Waals surface area (Å²) in [5.41, 5.74) is 3.56. The van der Waals surface area contributed by atoms with E-state index in [0.717, 1.165) is 42.5 Å². The number of hydrogen-bond donors (Lipinski definition) is 1. The van der Waals surface area contributed by atoms with Gasteiger partial charge in [0.2, 0.25) is 0 Å². The number of unbranched alkanes of at least 4 members (excludes halogenated alkanes) is 1. The van der Waals surface area contributed by atoms with Crippen molar-refractivity contribution in [3.63, 3.8) is 0 Å². The number of anilines is 1. The molecule has 2 aromatic carbocycles. The lowest BCUT2D eigenvalue weighted by Crippen LogP contribution is -2.05. The van der Waals surface area contributed by atoms with E-state index in [9.17, 15) is 0 Å². The molecular weight excluding hydrogens is 282 g/mol. The highest BCUT2D eigenvalue weighted by molar-refractivity contribution is 6.30. The summed E-state index contributed by atoms with van der Waals surface area (Å²) < 4.78 is 5.73. The number of benzene rings is 2. The largest absolute Gasteiger partial charge is 0.494 e. The van der Waals surface area contributed by atoms with E-state index in [-0.39, 0.29) is 0 Å². The molecule has 112 valence electrons. The van der Waals surface area contributed by atoms with E-state index >= 15 is 0 Å². The number of aryl methyl sites for hydroxylation is 2. The Morgan fingerprint density at radius 3 is 2.67 bits per heavy atom. The van der Waals surface area contributed by atoms with Gasteiger partial charge in [-0.25, -0.2) is 0 Å². The molecule has 2 nitrogen and oxygen atoms in total. The molecule has 21 heavy (non-hydrogen) atoms. The lowest BCUT2D eigenvalue weighted by Gasteiger charge is -2.10. The van der Waals surface area contributed by atoms with Gasteiger partial charge >= 0.3 is 0 Å². The first-order valence-electron chi connectivity index (χ1n) is 7.34. The topological polar surface area (TPSA) is 21.3 Å². The zero-order valence-electron chi connectivity index (χ0n) is 12.7. The Balaban J connectivity index is 1.64. The van der Waals surface area contributed by atoms with Gasteiger partial charge in [0.25, 0.3) is 0 Å². The highest BCUT2D eigenvalue weighted by atomic mass is 35.5. The maximum absolute atomic E-state index is 5.94. The molecule has 0 aromatic heterocycles. The van der Waals surface area contributed by atoms with Crippen LogP contribution in [0.5, 0.6) is 5.75 Å². The zero-order chi connectivity index (χ0) is 15.1. The van der Waals surface area contributed by atoms with Gasteiger partial charge in [-0.05, 0) is 68.1 Å². The molecule has 0 aliphatic carbocycles. The van der Waals surface area contributed by atoms with Gasteiger partial charge in [-0.3, -0.25) is 0 Å². The Kier molecular flexibility index (Phi) is 5.94.